The first-order valence-electron chi connectivity index (χ1n) is 5.40. The highest BCUT2D eigenvalue weighted by Crippen LogP contribution is 2.21. The van der Waals surface area contributed by atoms with Crippen molar-refractivity contribution in [2.45, 2.75) is 33.7 Å². The summed E-state index contributed by atoms with van der Waals surface area (Å²) in [7, 11) is 0. The number of rotatable bonds is 6. The van der Waals surface area contributed by atoms with Crippen LogP contribution in [0.2, 0.25) is 0 Å². The average molecular weight is 230 g/mol. The van der Waals surface area contributed by atoms with Crippen LogP contribution in [-0.2, 0) is 6.54 Å². The van der Waals surface area contributed by atoms with Crippen LogP contribution in [0.1, 0.15) is 27.2 Å². The largest absolute Gasteiger partial charge is 0.355 e. The molecule has 0 aliphatic carbocycles. The number of aryl methyl sites for hydroxylation is 1. The van der Waals surface area contributed by atoms with Gasteiger partial charge in [0, 0.05) is 31.4 Å². The molecule has 0 saturated carbocycles. The maximum atomic E-state index is 5.76. The molecule has 0 bridgehead atoms. The number of hydrogen-bond acceptors (Lipinski definition) is 2. The second-order valence-corrected chi connectivity index (χ2v) is 4.87. The molecule has 86 valence electrons. The van der Waals surface area contributed by atoms with E-state index in [1.165, 1.54) is 0 Å². The van der Waals surface area contributed by atoms with Crippen molar-refractivity contribution in [3.8, 4) is 0 Å². The second-order valence-electron chi connectivity index (χ2n) is 4.49. The van der Waals surface area contributed by atoms with E-state index in [-0.39, 0.29) is 5.41 Å². The summed E-state index contributed by atoms with van der Waals surface area (Å²) in [5.74, 6) is 1.65. The lowest BCUT2D eigenvalue weighted by atomic mass is 9.90. The first kappa shape index (κ1) is 12.4. The summed E-state index contributed by atoms with van der Waals surface area (Å²) in [4.78, 5) is 4.27. The minimum Gasteiger partial charge on any atom is -0.355 e. The maximum Gasteiger partial charge on any atom is 0.202 e. The molecule has 1 heterocycles. The predicted molar refractivity (Wildman–Crippen MR) is 65.5 cm³/mol. The lowest BCUT2D eigenvalue weighted by molar-refractivity contribution is 0.378. The molecule has 0 aromatic carbocycles. The van der Waals surface area contributed by atoms with Gasteiger partial charge in [-0.25, -0.2) is 4.98 Å². The molecule has 4 heteroatoms. The lowest BCUT2D eigenvalue weighted by Crippen LogP contribution is -2.24. The first-order valence-corrected chi connectivity index (χ1v) is 5.93. The Morgan fingerprint density at radius 1 is 1.53 bits per heavy atom. The Labute approximate surface area is 96.8 Å². The number of halogens is 1. The molecule has 0 amide bonds. The van der Waals surface area contributed by atoms with Gasteiger partial charge in [0.05, 0.1) is 0 Å². The van der Waals surface area contributed by atoms with Gasteiger partial charge in [0.1, 0.15) is 0 Å². The normalized spacial score (nSPS) is 11.7. The van der Waals surface area contributed by atoms with Gasteiger partial charge in [-0.1, -0.05) is 13.8 Å². The van der Waals surface area contributed by atoms with E-state index in [1.807, 2.05) is 12.4 Å². The van der Waals surface area contributed by atoms with E-state index in [4.69, 9.17) is 11.6 Å². The Balaban J connectivity index is 2.49. The molecule has 1 aromatic rings. The molecule has 0 saturated heterocycles. The van der Waals surface area contributed by atoms with Crippen LogP contribution in [-0.4, -0.2) is 22.0 Å². The SMILES string of the molecule is CCn1ccnc1NCC(C)(C)CCCl. The van der Waals surface area contributed by atoms with Gasteiger partial charge >= 0.3 is 0 Å². The lowest BCUT2D eigenvalue weighted by Gasteiger charge is -2.24. The van der Waals surface area contributed by atoms with E-state index in [9.17, 15) is 0 Å². The molecule has 0 radical (unpaired) electrons. The average Bonchev–Trinajstić information content (AvgIpc) is 2.62. The van der Waals surface area contributed by atoms with Crippen molar-refractivity contribution in [2.75, 3.05) is 17.7 Å². The van der Waals surface area contributed by atoms with Crippen molar-refractivity contribution in [1.29, 1.82) is 0 Å². The third-order valence-corrected chi connectivity index (χ3v) is 2.74. The van der Waals surface area contributed by atoms with Crippen molar-refractivity contribution in [2.24, 2.45) is 5.41 Å². The van der Waals surface area contributed by atoms with E-state index in [2.05, 4.69) is 35.6 Å². The molecule has 0 fully saturated rings. The van der Waals surface area contributed by atoms with E-state index in [0.29, 0.717) is 5.88 Å². The first-order chi connectivity index (χ1) is 7.09. The quantitative estimate of drug-likeness (QED) is 0.761. The third-order valence-electron chi connectivity index (χ3n) is 2.55. The molecule has 1 N–H and O–H groups in total. The number of nitrogens with zero attached hydrogens (tertiary/aromatic N) is 2. The van der Waals surface area contributed by atoms with Crippen LogP contribution in [0.3, 0.4) is 0 Å². The van der Waals surface area contributed by atoms with Crippen molar-refractivity contribution in [1.82, 2.24) is 9.55 Å². The minimum atomic E-state index is 0.215. The van der Waals surface area contributed by atoms with Crippen LogP contribution in [0.5, 0.6) is 0 Å². The van der Waals surface area contributed by atoms with Crippen LogP contribution in [0.25, 0.3) is 0 Å². The molecular formula is C11H20ClN3. The zero-order valence-corrected chi connectivity index (χ0v) is 10.5. The second kappa shape index (κ2) is 5.40. The van der Waals surface area contributed by atoms with Gasteiger partial charge in [-0.05, 0) is 18.8 Å². The van der Waals surface area contributed by atoms with E-state index in [0.717, 1.165) is 25.5 Å². The summed E-state index contributed by atoms with van der Waals surface area (Å²) in [6, 6.07) is 0. The molecule has 0 aliphatic heterocycles. The van der Waals surface area contributed by atoms with Crippen molar-refractivity contribution >= 4 is 17.5 Å². The summed E-state index contributed by atoms with van der Waals surface area (Å²) < 4.78 is 2.09. The highest BCUT2D eigenvalue weighted by atomic mass is 35.5. The van der Waals surface area contributed by atoms with Gasteiger partial charge in [0.25, 0.3) is 0 Å². The summed E-state index contributed by atoms with van der Waals surface area (Å²) in [6.45, 7) is 8.37. The number of hydrogen-bond donors (Lipinski definition) is 1. The minimum absolute atomic E-state index is 0.215. The number of nitrogens with one attached hydrogen (secondary N) is 1. The fourth-order valence-corrected chi connectivity index (χ4v) is 1.91. The third kappa shape index (κ3) is 3.74. The number of imidazole rings is 1. The monoisotopic (exact) mass is 229 g/mol. The fourth-order valence-electron chi connectivity index (χ4n) is 1.39. The summed E-state index contributed by atoms with van der Waals surface area (Å²) in [5, 5.41) is 3.36. The van der Waals surface area contributed by atoms with Crippen molar-refractivity contribution in [3.63, 3.8) is 0 Å². The zero-order chi connectivity index (χ0) is 11.3. The Hall–Kier alpha value is -0.700. The molecule has 3 nitrogen and oxygen atoms in total. The van der Waals surface area contributed by atoms with Gasteiger partial charge in [-0.2, -0.15) is 0 Å². The van der Waals surface area contributed by atoms with Crippen LogP contribution in [0, 0.1) is 5.41 Å². The molecular weight excluding hydrogens is 210 g/mol. The molecule has 15 heavy (non-hydrogen) atoms. The molecule has 1 rings (SSSR count). The Kier molecular flexibility index (Phi) is 4.45. The number of alkyl halides is 1. The topological polar surface area (TPSA) is 29.9 Å². The van der Waals surface area contributed by atoms with Crippen molar-refractivity contribution < 1.29 is 0 Å². The standard InChI is InChI=1S/C11H20ClN3/c1-4-15-8-7-13-10(15)14-9-11(2,3)5-6-12/h7-8H,4-6,9H2,1-3H3,(H,13,14). The van der Waals surface area contributed by atoms with Gasteiger partial charge in [-0.3, -0.25) is 0 Å². The molecule has 0 spiro atoms. The zero-order valence-electron chi connectivity index (χ0n) is 9.76. The van der Waals surface area contributed by atoms with E-state index < -0.39 is 0 Å². The van der Waals surface area contributed by atoms with E-state index in [1.54, 1.807) is 0 Å². The smallest absolute Gasteiger partial charge is 0.202 e. The Morgan fingerprint density at radius 3 is 2.87 bits per heavy atom. The Morgan fingerprint density at radius 2 is 2.27 bits per heavy atom. The number of anilines is 1. The summed E-state index contributed by atoms with van der Waals surface area (Å²) in [5.41, 5.74) is 0.215. The highest BCUT2D eigenvalue weighted by Gasteiger charge is 2.17. The molecule has 1 aromatic heterocycles. The maximum absolute atomic E-state index is 5.76. The van der Waals surface area contributed by atoms with Gasteiger partial charge in [0.15, 0.2) is 0 Å². The highest BCUT2D eigenvalue weighted by molar-refractivity contribution is 6.17. The van der Waals surface area contributed by atoms with E-state index >= 15 is 0 Å². The Bertz CT molecular complexity index is 294. The molecule has 0 atom stereocenters. The van der Waals surface area contributed by atoms with Gasteiger partial charge in [0.2, 0.25) is 5.95 Å². The molecule has 0 aliphatic rings. The predicted octanol–water partition coefficient (Wildman–Crippen LogP) is 2.97. The van der Waals surface area contributed by atoms with Crippen LogP contribution in [0.15, 0.2) is 12.4 Å². The van der Waals surface area contributed by atoms with Crippen molar-refractivity contribution in [3.05, 3.63) is 12.4 Å². The van der Waals surface area contributed by atoms with Crippen LogP contribution >= 0.6 is 11.6 Å². The van der Waals surface area contributed by atoms with Crippen LogP contribution in [0.4, 0.5) is 5.95 Å². The van der Waals surface area contributed by atoms with Gasteiger partial charge in [-0.15, -0.1) is 11.6 Å². The molecule has 0 unspecified atom stereocenters. The summed E-state index contributed by atoms with van der Waals surface area (Å²) in [6.07, 6.45) is 4.81. The van der Waals surface area contributed by atoms with Crippen LogP contribution < -0.4 is 5.32 Å². The van der Waals surface area contributed by atoms with Gasteiger partial charge < -0.3 is 9.88 Å². The fraction of sp³-hybridized carbons (Fsp3) is 0.727. The summed E-state index contributed by atoms with van der Waals surface area (Å²) >= 11 is 5.76. The number of aromatic nitrogens is 2.